The lowest BCUT2D eigenvalue weighted by Gasteiger charge is -2.08. The lowest BCUT2D eigenvalue weighted by molar-refractivity contribution is -0.136. The minimum atomic E-state index is -0.955. The Kier molecular flexibility index (Phi) is 13.4. The van der Waals surface area contributed by atoms with Gasteiger partial charge in [0.1, 0.15) is 5.75 Å². The van der Waals surface area contributed by atoms with Crippen molar-refractivity contribution in [3.63, 3.8) is 0 Å². The lowest BCUT2D eigenvalue weighted by atomic mass is 10.1. The van der Waals surface area contributed by atoms with Crippen LogP contribution in [-0.4, -0.2) is 40.4 Å². The second-order valence-corrected chi connectivity index (χ2v) is 9.15. The third-order valence-corrected chi connectivity index (χ3v) is 5.95. The zero-order chi connectivity index (χ0) is 26.8. The standard InChI is InChI=1S/C19H16ClNO4.C10H18O.BrH/c1-11-15(10-18(22)23)16-9-14(25-2)7-8-17(16)21(11)19(24)12-3-5-13(20)6-4-12;1-9(2)5-4-6-10(3)7-8-11;/h3-9H,10H2,1-2H3,(H,22,23);5,7,11H,4,6,8H2,1-3H3;1H/b;10-7-;. The molecule has 0 aliphatic carbocycles. The summed E-state index contributed by atoms with van der Waals surface area (Å²) in [4.78, 5) is 24.3. The van der Waals surface area contributed by atoms with Crippen molar-refractivity contribution in [3.8, 4) is 5.75 Å². The largest absolute Gasteiger partial charge is 0.497 e. The van der Waals surface area contributed by atoms with Crippen LogP contribution in [0.1, 0.15) is 55.2 Å². The molecule has 0 saturated heterocycles. The normalized spacial score (nSPS) is 10.7. The van der Waals surface area contributed by atoms with Gasteiger partial charge in [0.05, 0.1) is 25.7 Å². The lowest BCUT2D eigenvalue weighted by Crippen LogP contribution is -2.14. The molecule has 0 spiro atoms. The highest BCUT2D eigenvalue weighted by molar-refractivity contribution is 8.93. The number of benzene rings is 2. The van der Waals surface area contributed by atoms with Crippen molar-refractivity contribution in [2.75, 3.05) is 13.7 Å². The van der Waals surface area contributed by atoms with Gasteiger partial charge in [-0.25, -0.2) is 0 Å². The highest BCUT2D eigenvalue weighted by Crippen LogP contribution is 2.30. The van der Waals surface area contributed by atoms with Crippen molar-refractivity contribution in [2.24, 2.45) is 0 Å². The average Bonchev–Trinajstić information content (AvgIpc) is 3.09. The fourth-order valence-corrected chi connectivity index (χ4v) is 3.92. The topological polar surface area (TPSA) is 88.8 Å². The summed E-state index contributed by atoms with van der Waals surface area (Å²) in [5, 5.41) is 19.0. The number of carbonyl (C=O) groups excluding carboxylic acids is 1. The summed E-state index contributed by atoms with van der Waals surface area (Å²) in [7, 11) is 1.54. The van der Waals surface area contributed by atoms with Crippen molar-refractivity contribution in [1.29, 1.82) is 0 Å². The number of rotatable bonds is 8. The SMILES string of the molecule is Br.CC(C)=CCC/C(C)=C\CO.COc1ccc2c(c1)c(CC(=O)O)c(C)n2C(=O)c1ccc(Cl)cc1. The number of methoxy groups -OCH3 is 1. The fraction of sp³-hybridized carbons (Fsp3) is 0.310. The number of aliphatic carboxylic acids is 1. The Labute approximate surface area is 234 Å². The average molecular weight is 593 g/mol. The van der Waals surface area contributed by atoms with Crippen molar-refractivity contribution >= 4 is 51.4 Å². The Morgan fingerprint density at radius 2 is 1.70 bits per heavy atom. The molecule has 3 aromatic rings. The van der Waals surface area contributed by atoms with Crippen LogP contribution in [0.25, 0.3) is 10.9 Å². The molecule has 0 fully saturated rings. The first kappa shape index (κ1) is 32.2. The summed E-state index contributed by atoms with van der Waals surface area (Å²) in [6.07, 6.45) is 6.06. The van der Waals surface area contributed by atoms with Gasteiger partial charge >= 0.3 is 5.97 Å². The third-order valence-electron chi connectivity index (χ3n) is 5.70. The number of aromatic nitrogens is 1. The van der Waals surface area contributed by atoms with E-state index in [1.54, 1.807) is 56.5 Å². The van der Waals surface area contributed by atoms with Crippen LogP contribution in [0.4, 0.5) is 0 Å². The van der Waals surface area contributed by atoms with Crippen LogP contribution in [0.2, 0.25) is 5.02 Å². The van der Waals surface area contributed by atoms with E-state index < -0.39 is 5.97 Å². The predicted molar refractivity (Wildman–Crippen MR) is 156 cm³/mol. The fourth-order valence-electron chi connectivity index (χ4n) is 3.79. The van der Waals surface area contributed by atoms with E-state index in [9.17, 15) is 14.7 Å². The number of halogens is 2. The van der Waals surface area contributed by atoms with Gasteiger partial charge in [-0.05, 0) is 88.6 Å². The maximum Gasteiger partial charge on any atom is 0.307 e. The molecule has 8 heteroatoms. The summed E-state index contributed by atoms with van der Waals surface area (Å²) < 4.78 is 6.77. The van der Waals surface area contributed by atoms with Crippen LogP contribution in [0.5, 0.6) is 5.75 Å². The van der Waals surface area contributed by atoms with Gasteiger partial charge in [-0.15, -0.1) is 17.0 Å². The molecule has 6 nitrogen and oxygen atoms in total. The summed E-state index contributed by atoms with van der Waals surface area (Å²) in [6.45, 7) is 8.17. The second kappa shape index (κ2) is 15.4. The van der Waals surface area contributed by atoms with E-state index in [1.807, 2.05) is 6.08 Å². The van der Waals surface area contributed by atoms with Crippen molar-refractivity contribution in [3.05, 3.63) is 87.6 Å². The monoisotopic (exact) mass is 591 g/mol. The molecular formula is C29H35BrClNO5. The summed E-state index contributed by atoms with van der Waals surface area (Å²) in [5.41, 5.74) is 4.96. The van der Waals surface area contributed by atoms with Crippen LogP contribution in [-0.2, 0) is 11.2 Å². The Bertz CT molecular complexity index is 1270. The highest BCUT2D eigenvalue weighted by Gasteiger charge is 2.21. The van der Waals surface area contributed by atoms with Gasteiger partial charge in [0, 0.05) is 21.7 Å². The summed E-state index contributed by atoms with van der Waals surface area (Å²) in [5.74, 6) is -0.583. The van der Waals surface area contributed by atoms with Crippen LogP contribution < -0.4 is 4.74 Å². The number of carboxylic acid groups (broad SMARTS) is 1. The van der Waals surface area contributed by atoms with E-state index in [4.69, 9.17) is 21.4 Å². The Hall–Kier alpha value is -2.87. The van der Waals surface area contributed by atoms with Gasteiger partial charge in [-0.2, -0.15) is 0 Å². The zero-order valence-corrected chi connectivity index (χ0v) is 24.3. The van der Waals surface area contributed by atoms with Gasteiger partial charge in [-0.3, -0.25) is 14.2 Å². The number of nitrogens with zero attached hydrogens (tertiary/aromatic N) is 1. The number of allylic oxidation sites excluding steroid dienone is 3. The molecule has 3 rings (SSSR count). The number of ether oxygens (including phenoxy) is 1. The van der Waals surface area contributed by atoms with Crippen LogP contribution in [0.3, 0.4) is 0 Å². The van der Waals surface area contributed by atoms with Crippen molar-refractivity contribution in [1.82, 2.24) is 4.57 Å². The van der Waals surface area contributed by atoms with E-state index in [0.29, 0.717) is 38.5 Å². The van der Waals surface area contributed by atoms with E-state index >= 15 is 0 Å². The number of hydrogen-bond donors (Lipinski definition) is 2. The first-order chi connectivity index (χ1) is 17.1. The van der Waals surface area contributed by atoms with Gasteiger partial charge in [-0.1, -0.05) is 34.9 Å². The molecule has 1 heterocycles. The van der Waals surface area contributed by atoms with Crippen LogP contribution in [0.15, 0.2) is 65.8 Å². The smallest absolute Gasteiger partial charge is 0.307 e. The van der Waals surface area contributed by atoms with Crippen molar-refractivity contribution in [2.45, 2.75) is 47.0 Å². The molecular weight excluding hydrogens is 558 g/mol. The third kappa shape index (κ3) is 9.18. The number of fused-ring (bicyclic) bond motifs is 1. The molecule has 0 amide bonds. The molecule has 0 atom stereocenters. The Balaban J connectivity index is 0.000000487. The summed E-state index contributed by atoms with van der Waals surface area (Å²) in [6, 6.07) is 11.9. The number of aliphatic hydroxyl groups excluding tert-OH is 1. The van der Waals surface area contributed by atoms with E-state index in [2.05, 4.69) is 26.8 Å². The maximum absolute atomic E-state index is 13.0. The van der Waals surface area contributed by atoms with Gasteiger partial charge < -0.3 is 14.9 Å². The minimum absolute atomic E-state index is 0. The molecule has 2 N–H and O–H groups in total. The predicted octanol–water partition coefficient (Wildman–Crippen LogP) is 7.18. The molecule has 0 unspecified atom stereocenters. The number of hydrogen-bond acceptors (Lipinski definition) is 4. The number of aliphatic hydroxyl groups is 1. The Morgan fingerprint density at radius 1 is 1.05 bits per heavy atom. The molecule has 2 aromatic carbocycles. The van der Waals surface area contributed by atoms with Crippen molar-refractivity contribution < 1.29 is 24.5 Å². The Morgan fingerprint density at radius 3 is 2.24 bits per heavy atom. The molecule has 0 saturated carbocycles. The number of carboxylic acids is 1. The second-order valence-electron chi connectivity index (χ2n) is 8.72. The van der Waals surface area contributed by atoms with Crippen LogP contribution in [0, 0.1) is 6.92 Å². The highest BCUT2D eigenvalue weighted by atomic mass is 79.9. The van der Waals surface area contributed by atoms with E-state index in [1.165, 1.54) is 15.7 Å². The zero-order valence-electron chi connectivity index (χ0n) is 21.9. The molecule has 0 aliphatic rings. The quantitative estimate of drug-likeness (QED) is 0.271. The van der Waals surface area contributed by atoms with Gasteiger partial charge in [0.15, 0.2) is 0 Å². The maximum atomic E-state index is 13.0. The first-order valence-corrected chi connectivity index (χ1v) is 12.1. The van der Waals surface area contributed by atoms with E-state index in [0.717, 1.165) is 12.8 Å². The van der Waals surface area contributed by atoms with E-state index in [-0.39, 0.29) is 35.9 Å². The molecule has 0 radical (unpaired) electrons. The molecule has 200 valence electrons. The van der Waals surface area contributed by atoms with Gasteiger partial charge in [0.25, 0.3) is 5.91 Å². The molecule has 1 aromatic heterocycles. The number of carbonyl (C=O) groups is 2. The minimum Gasteiger partial charge on any atom is -0.497 e. The molecule has 0 bridgehead atoms. The molecule has 0 aliphatic heterocycles. The molecule has 37 heavy (non-hydrogen) atoms. The summed E-state index contributed by atoms with van der Waals surface area (Å²) >= 11 is 5.89. The first-order valence-electron chi connectivity index (χ1n) is 11.7. The van der Waals surface area contributed by atoms with Gasteiger partial charge in [0.2, 0.25) is 0 Å². The van der Waals surface area contributed by atoms with Crippen LogP contribution >= 0.6 is 28.6 Å².